The highest BCUT2D eigenvalue weighted by molar-refractivity contribution is 5.77. The first-order valence-corrected chi connectivity index (χ1v) is 4.10. The molecule has 1 N–H and O–H groups in total. The minimum Gasteiger partial charge on any atom is -0.350 e. The molecule has 74 valence electrons. The SMILES string of the molecule is CC.CC(C)C(=O)NCC(F)F. The Morgan fingerprint density at radius 3 is 2.00 bits per heavy atom. The largest absolute Gasteiger partial charge is 0.350 e. The molecule has 0 saturated carbocycles. The second-order valence-electron chi connectivity index (χ2n) is 2.29. The smallest absolute Gasteiger partial charge is 0.255 e. The number of carbonyl (C=O) groups excluding carboxylic acids is 1. The number of amides is 1. The lowest BCUT2D eigenvalue weighted by Gasteiger charge is -2.05. The standard InChI is InChI=1S/C6H11F2NO.C2H6/c1-4(2)6(10)9-3-5(7)8;1-2/h4-5H,3H2,1-2H3,(H,9,10);1-2H3. The number of rotatable bonds is 3. The summed E-state index contributed by atoms with van der Waals surface area (Å²) < 4.78 is 22.9. The molecule has 0 unspecified atom stereocenters. The zero-order valence-electron chi connectivity index (χ0n) is 8.03. The molecular formula is C8H17F2NO. The van der Waals surface area contributed by atoms with Gasteiger partial charge in [0.05, 0.1) is 6.54 Å². The van der Waals surface area contributed by atoms with Gasteiger partial charge in [0.15, 0.2) is 0 Å². The minimum atomic E-state index is -2.46. The van der Waals surface area contributed by atoms with E-state index in [4.69, 9.17) is 0 Å². The van der Waals surface area contributed by atoms with Crippen LogP contribution in [0.4, 0.5) is 8.78 Å². The van der Waals surface area contributed by atoms with Crippen molar-refractivity contribution in [1.29, 1.82) is 0 Å². The Labute approximate surface area is 72.3 Å². The van der Waals surface area contributed by atoms with Gasteiger partial charge in [-0.25, -0.2) is 8.78 Å². The molecule has 0 fully saturated rings. The Hall–Kier alpha value is -0.670. The molecule has 0 rings (SSSR count). The van der Waals surface area contributed by atoms with Gasteiger partial charge in [-0.05, 0) is 0 Å². The molecule has 0 spiro atoms. The quantitative estimate of drug-likeness (QED) is 0.709. The number of hydrogen-bond acceptors (Lipinski definition) is 1. The molecule has 0 aromatic heterocycles. The van der Waals surface area contributed by atoms with Gasteiger partial charge in [0.2, 0.25) is 5.91 Å². The molecule has 12 heavy (non-hydrogen) atoms. The molecule has 2 nitrogen and oxygen atoms in total. The lowest BCUT2D eigenvalue weighted by molar-refractivity contribution is -0.124. The fourth-order valence-corrected chi connectivity index (χ4v) is 0.382. The first kappa shape index (κ1) is 13.9. The normalized spacial score (nSPS) is 9.33. The van der Waals surface area contributed by atoms with E-state index in [0.29, 0.717) is 0 Å². The number of hydrogen-bond donors (Lipinski definition) is 1. The zero-order chi connectivity index (χ0) is 10.1. The molecule has 0 bridgehead atoms. The minimum absolute atomic E-state index is 0.223. The first-order valence-electron chi connectivity index (χ1n) is 4.10. The summed E-state index contributed by atoms with van der Waals surface area (Å²) in [7, 11) is 0. The molecule has 0 atom stereocenters. The van der Waals surface area contributed by atoms with E-state index in [0.717, 1.165) is 0 Å². The van der Waals surface area contributed by atoms with Crippen molar-refractivity contribution in [1.82, 2.24) is 5.32 Å². The summed E-state index contributed by atoms with van der Waals surface area (Å²) in [6.07, 6.45) is -2.46. The van der Waals surface area contributed by atoms with Gasteiger partial charge in [0, 0.05) is 5.92 Å². The van der Waals surface area contributed by atoms with Gasteiger partial charge in [-0.3, -0.25) is 4.79 Å². The predicted molar refractivity (Wildman–Crippen MR) is 45.2 cm³/mol. The average Bonchev–Trinajstić information content (AvgIpc) is 2.03. The molecular weight excluding hydrogens is 164 g/mol. The molecule has 0 aliphatic carbocycles. The average molecular weight is 181 g/mol. The van der Waals surface area contributed by atoms with E-state index in [1.807, 2.05) is 13.8 Å². The Morgan fingerprint density at radius 2 is 1.75 bits per heavy atom. The summed E-state index contributed by atoms with van der Waals surface area (Å²) >= 11 is 0. The van der Waals surface area contributed by atoms with E-state index in [9.17, 15) is 13.6 Å². The van der Waals surface area contributed by atoms with Gasteiger partial charge >= 0.3 is 0 Å². The fraction of sp³-hybridized carbons (Fsp3) is 0.875. The van der Waals surface area contributed by atoms with Crippen molar-refractivity contribution in [3.63, 3.8) is 0 Å². The van der Waals surface area contributed by atoms with E-state index in [1.54, 1.807) is 13.8 Å². The third-order valence-electron chi connectivity index (χ3n) is 0.955. The highest BCUT2D eigenvalue weighted by Gasteiger charge is 2.08. The number of alkyl halides is 2. The Balaban J connectivity index is 0. The van der Waals surface area contributed by atoms with Gasteiger partial charge in [0.1, 0.15) is 0 Å². The van der Waals surface area contributed by atoms with Crippen molar-refractivity contribution in [2.24, 2.45) is 5.92 Å². The highest BCUT2D eigenvalue weighted by Crippen LogP contribution is 1.92. The lowest BCUT2D eigenvalue weighted by atomic mass is 10.2. The van der Waals surface area contributed by atoms with E-state index < -0.39 is 13.0 Å². The number of nitrogens with one attached hydrogen (secondary N) is 1. The maximum Gasteiger partial charge on any atom is 0.255 e. The summed E-state index contributed by atoms with van der Waals surface area (Å²) in [6.45, 7) is 6.76. The molecule has 0 aromatic carbocycles. The van der Waals surface area contributed by atoms with Crippen LogP contribution in [-0.2, 0) is 4.79 Å². The summed E-state index contributed by atoms with van der Waals surface area (Å²) in [5, 5.41) is 2.09. The summed E-state index contributed by atoms with van der Waals surface area (Å²) in [6, 6.07) is 0. The molecule has 0 aromatic rings. The molecule has 0 aliphatic rings. The second kappa shape index (κ2) is 8.43. The van der Waals surface area contributed by atoms with Crippen molar-refractivity contribution in [2.75, 3.05) is 6.54 Å². The van der Waals surface area contributed by atoms with Crippen LogP contribution in [0.5, 0.6) is 0 Å². The van der Waals surface area contributed by atoms with E-state index in [-0.39, 0.29) is 11.8 Å². The summed E-state index contributed by atoms with van der Waals surface area (Å²) in [5.74, 6) is -0.556. The van der Waals surface area contributed by atoms with Gasteiger partial charge in [-0.1, -0.05) is 27.7 Å². The zero-order valence-corrected chi connectivity index (χ0v) is 8.03. The second-order valence-corrected chi connectivity index (χ2v) is 2.29. The summed E-state index contributed by atoms with van der Waals surface area (Å²) in [5.41, 5.74) is 0. The topological polar surface area (TPSA) is 29.1 Å². The maximum absolute atomic E-state index is 11.4. The van der Waals surface area contributed by atoms with Crippen LogP contribution in [0.25, 0.3) is 0 Å². The van der Waals surface area contributed by atoms with Crippen LogP contribution in [0.3, 0.4) is 0 Å². The molecule has 1 amide bonds. The number of carbonyl (C=O) groups is 1. The van der Waals surface area contributed by atoms with Crippen LogP contribution >= 0.6 is 0 Å². The Bertz CT molecular complexity index is 116. The van der Waals surface area contributed by atoms with Crippen molar-refractivity contribution < 1.29 is 13.6 Å². The monoisotopic (exact) mass is 181 g/mol. The molecule has 0 saturated heterocycles. The van der Waals surface area contributed by atoms with Crippen LogP contribution in [-0.4, -0.2) is 18.9 Å². The molecule has 0 aliphatic heterocycles. The highest BCUT2D eigenvalue weighted by atomic mass is 19.3. The van der Waals surface area contributed by atoms with Crippen LogP contribution in [0.15, 0.2) is 0 Å². The first-order chi connectivity index (χ1) is 5.54. The van der Waals surface area contributed by atoms with Gasteiger partial charge < -0.3 is 5.32 Å². The summed E-state index contributed by atoms with van der Waals surface area (Å²) in [4.78, 5) is 10.6. The third-order valence-corrected chi connectivity index (χ3v) is 0.955. The van der Waals surface area contributed by atoms with Gasteiger partial charge in [-0.15, -0.1) is 0 Å². The number of halogens is 2. The van der Waals surface area contributed by atoms with Crippen LogP contribution in [0.1, 0.15) is 27.7 Å². The van der Waals surface area contributed by atoms with Crippen molar-refractivity contribution in [3.05, 3.63) is 0 Å². The maximum atomic E-state index is 11.4. The van der Waals surface area contributed by atoms with Crippen molar-refractivity contribution in [3.8, 4) is 0 Å². The third kappa shape index (κ3) is 9.33. The van der Waals surface area contributed by atoms with Crippen molar-refractivity contribution >= 4 is 5.91 Å². The molecule has 0 heterocycles. The van der Waals surface area contributed by atoms with Crippen LogP contribution in [0, 0.1) is 5.92 Å². The lowest BCUT2D eigenvalue weighted by Crippen LogP contribution is -2.31. The van der Waals surface area contributed by atoms with Crippen LogP contribution < -0.4 is 5.32 Å². The van der Waals surface area contributed by atoms with Gasteiger partial charge in [-0.2, -0.15) is 0 Å². The Morgan fingerprint density at radius 1 is 1.33 bits per heavy atom. The van der Waals surface area contributed by atoms with E-state index in [1.165, 1.54) is 0 Å². The van der Waals surface area contributed by atoms with Crippen LogP contribution in [0.2, 0.25) is 0 Å². The Kier molecular flexibility index (Phi) is 9.75. The van der Waals surface area contributed by atoms with E-state index >= 15 is 0 Å². The molecule has 0 radical (unpaired) electrons. The predicted octanol–water partition coefficient (Wildman–Crippen LogP) is 2.05. The van der Waals surface area contributed by atoms with Gasteiger partial charge in [0.25, 0.3) is 6.43 Å². The van der Waals surface area contributed by atoms with Crippen molar-refractivity contribution in [2.45, 2.75) is 34.1 Å². The fourth-order valence-electron chi connectivity index (χ4n) is 0.382. The molecule has 4 heteroatoms. The van der Waals surface area contributed by atoms with E-state index in [2.05, 4.69) is 5.32 Å².